The molecule has 10 atom stereocenters. The Balaban J connectivity index is 0.994. The highest BCUT2D eigenvalue weighted by Gasteiger charge is 2.98. The quantitative estimate of drug-likeness (QED) is 0.442. The predicted octanol–water partition coefficient (Wildman–Crippen LogP) is 5.50. The lowest BCUT2D eigenvalue weighted by Crippen LogP contribution is -2.52. The van der Waals surface area contributed by atoms with Crippen LogP contribution in [0.3, 0.4) is 0 Å². The lowest BCUT2D eigenvalue weighted by molar-refractivity contribution is -0.139. The normalized spacial score (nSPS) is 48.1. The van der Waals surface area contributed by atoms with Gasteiger partial charge in [-0.05, 0) is 140 Å². The highest BCUT2D eigenvalue weighted by atomic mass is 16.3. The van der Waals surface area contributed by atoms with Gasteiger partial charge >= 0.3 is 0 Å². The van der Waals surface area contributed by atoms with Crippen LogP contribution >= 0.6 is 0 Å². The maximum absolute atomic E-state index is 14.1. The van der Waals surface area contributed by atoms with Crippen LogP contribution in [0.5, 0.6) is 0 Å². The van der Waals surface area contributed by atoms with Crippen LogP contribution in [0.15, 0.2) is 24.3 Å². The fourth-order valence-corrected chi connectivity index (χ4v) is 13.7. The minimum atomic E-state index is -0.161. The van der Waals surface area contributed by atoms with E-state index in [9.17, 15) is 14.7 Å². The number of benzene rings is 1. The molecule has 5 heteroatoms. The summed E-state index contributed by atoms with van der Waals surface area (Å²) >= 11 is 0. The summed E-state index contributed by atoms with van der Waals surface area (Å²) in [5.41, 5.74) is 3.15. The highest BCUT2D eigenvalue weighted by Crippen LogP contribution is 3.02. The van der Waals surface area contributed by atoms with E-state index in [4.69, 9.17) is 0 Å². The summed E-state index contributed by atoms with van der Waals surface area (Å²) in [6.45, 7) is 7.90. The molecular weight excluding hydrogens is 496 g/mol. The molecule has 8 rings (SSSR count). The Morgan fingerprint density at radius 3 is 2.60 bits per heavy atom. The number of hydrogen-bond acceptors (Lipinski definition) is 3. The number of hydrogen-bond donors (Lipinski definition) is 3. The molecule has 0 saturated heterocycles. The summed E-state index contributed by atoms with van der Waals surface area (Å²) in [5, 5.41) is 17.2. The van der Waals surface area contributed by atoms with E-state index in [1.165, 1.54) is 44.9 Å². The molecule has 2 amide bonds. The number of nitrogens with one attached hydrogen (secondary N) is 2. The number of rotatable bonds is 6. The van der Waals surface area contributed by atoms with Gasteiger partial charge in [-0.3, -0.25) is 9.59 Å². The molecule has 40 heavy (non-hydrogen) atoms. The van der Waals surface area contributed by atoms with Crippen LogP contribution in [0.2, 0.25) is 0 Å². The molecule has 7 aliphatic rings. The van der Waals surface area contributed by atoms with Gasteiger partial charge in [0, 0.05) is 18.7 Å². The Morgan fingerprint density at radius 2 is 1.77 bits per heavy atom. The Kier molecular flexibility index (Phi) is 5.25. The van der Waals surface area contributed by atoms with Gasteiger partial charge in [0.2, 0.25) is 5.91 Å². The van der Waals surface area contributed by atoms with Crippen LogP contribution in [0.25, 0.3) is 0 Å². The molecule has 10 unspecified atom stereocenters. The minimum absolute atomic E-state index is 0.0335. The summed E-state index contributed by atoms with van der Waals surface area (Å²) in [5.74, 6) is 4.16. The maximum atomic E-state index is 14.1. The number of aliphatic hydroxyl groups excluding tert-OH is 1. The third-order valence-electron chi connectivity index (χ3n) is 14.8. The minimum Gasteiger partial charge on any atom is -0.393 e. The zero-order valence-corrected chi connectivity index (χ0v) is 24.7. The largest absolute Gasteiger partial charge is 0.393 e. The molecule has 0 aromatic heterocycles. The van der Waals surface area contributed by atoms with E-state index in [0.29, 0.717) is 52.6 Å². The van der Waals surface area contributed by atoms with Gasteiger partial charge in [0.25, 0.3) is 5.91 Å². The lowest BCUT2D eigenvalue weighted by atomic mass is 9.51. The van der Waals surface area contributed by atoms with E-state index in [-0.39, 0.29) is 22.8 Å². The van der Waals surface area contributed by atoms with Gasteiger partial charge in [0.05, 0.1) is 11.5 Å². The molecule has 5 nitrogen and oxygen atoms in total. The molecular formula is C35H48N2O3. The van der Waals surface area contributed by atoms with E-state index >= 15 is 0 Å². The fourth-order valence-electron chi connectivity index (χ4n) is 13.7. The van der Waals surface area contributed by atoms with Crippen molar-refractivity contribution in [3.05, 3.63) is 35.4 Å². The smallest absolute Gasteiger partial charge is 0.251 e. The van der Waals surface area contributed by atoms with Crippen molar-refractivity contribution in [2.24, 2.45) is 56.7 Å². The fraction of sp³-hybridized carbons (Fsp3) is 0.771. The lowest BCUT2D eigenvalue weighted by Gasteiger charge is -2.54. The van der Waals surface area contributed by atoms with Gasteiger partial charge in [-0.1, -0.05) is 32.4 Å². The molecule has 1 aromatic carbocycles. The van der Waals surface area contributed by atoms with Crippen molar-refractivity contribution in [1.29, 1.82) is 0 Å². The van der Waals surface area contributed by atoms with E-state index < -0.39 is 0 Å². The summed E-state index contributed by atoms with van der Waals surface area (Å²) in [6.07, 6.45) is 12.8. The summed E-state index contributed by atoms with van der Waals surface area (Å²) < 4.78 is 0. The third kappa shape index (κ3) is 2.80. The predicted molar refractivity (Wildman–Crippen MR) is 154 cm³/mol. The summed E-state index contributed by atoms with van der Waals surface area (Å²) in [4.78, 5) is 26.4. The van der Waals surface area contributed by atoms with Crippen molar-refractivity contribution in [1.82, 2.24) is 10.6 Å². The Hall–Kier alpha value is -1.88. The molecule has 0 heterocycles. The monoisotopic (exact) mass is 544 g/mol. The van der Waals surface area contributed by atoms with Crippen LogP contribution in [0.4, 0.5) is 0 Å². The molecule has 216 valence electrons. The van der Waals surface area contributed by atoms with Crippen molar-refractivity contribution < 1.29 is 14.7 Å². The van der Waals surface area contributed by atoms with E-state index in [0.717, 1.165) is 49.0 Å². The maximum Gasteiger partial charge on any atom is 0.251 e. The van der Waals surface area contributed by atoms with Gasteiger partial charge in [-0.25, -0.2) is 0 Å². The van der Waals surface area contributed by atoms with Gasteiger partial charge < -0.3 is 15.7 Å². The number of carbonyl (C=O) groups excluding carboxylic acids is 2. The first kappa shape index (κ1) is 25.8. The molecule has 0 radical (unpaired) electrons. The zero-order chi connectivity index (χ0) is 27.7. The SMILES string of the molecule is CCNC(=O)c1cccc(CCNC(=O)C23CCCC2C24CC5C6C57CCC(O)C(C)(C)C7CCC62C4CC3)c1. The molecule has 0 aliphatic heterocycles. The van der Waals surface area contributed by atoms with Crippen LogP contribution in [-0.2, 0) is 11.2 Å². The number of carbonyl (C=O) groups is 2. The van der Waals surface area contributed by atoms with Crippen molar-refractivity contribution in [3.8, 4) is 0 Å². The van der Waals surface area contributed by atoms with Crippen molar-refractivity contribution in [2.75, 3.05) is 13.1 Å². The summed E-state index contributed by atoms with van der Waals surface area (Å²) in [6, 6.07) is 7.83. The number of amides is 2. The Bertz CT molecular complexity index is 1270. The van der Waals surface area contributed by atoms with Crippen molar-refractivity contribution in [3.63, 3.8) is 0 Å². The van der Waals surface area contributed by atoms with Crippen molar-refractivity contribution >= 4 is 11.8 Å². The van der Waals surface area contributed by atoms with Gasteiger partial charge in [-0.2, -0.15) is 0 Å². The van der Waals surface area contributed by atoms with Crippen LogP contribution in [0.1, 0.15) is 101 Å². The van der Waals surface area contributed by atoms with Crippen LogP contribution in [0, 0.1) is 56.7 Å². The van der Waals surface area contributed by atoms with Crippen molar-refractivity contribution in [2.45, 2.75) is 97.5 Å². The molecule has 3 N–H and O–H groups in total. The molecule has 3 spiro atoms. The Morgan fingerprint density at radius 1 is 0.950 bits per heavy atom. The first-order valence-electron chi connectivity index (χ1n) is 16.5. The first-order valence-corrected chi connectivity index (χ1v) is 16.5. The molecule has 7 fully saturated rings. The molecule has 7 aliphatic carbocycles. The molecule has 1 aromatic rings. The average molecular weight is 545 g/mol. The van der Waals surface area contributed by atoms with Crippen LogP contribution < -0.4 is 10.6 Å². The Labute approximate surface area is 239 Å². The topological polar surface area (TPSA) is 78.4 Å². The zero-order valence-electron chi connectivity index (χ0n) is 24.7. The first-order chi connectivity index (χ1) is 19.2. The average Bonchev–Trinajstić information content (AvgIpc) is 3.54. The van der Waals surface area contributed by atoms with Crippen LogP contribution in [-0.4, -0.2) is 36.1 Å². The van der Waals surface area contributed by atoms with Gasteiger partial charge in [0.1, 0.15) is 0 Å². The second kappa shape index (κ2) is 8.14. The molecule has 7 saturated carbocycles. The standard InChI is InChI=1S/C35H48N2O3/c1-4-36-29(39)22-8-5-7-21(19-22)13-18-37-30(40)32-14-6-9-25(32)35-20-23-28-33(23)16-12-27(38)31(2,3)24(33)11-17-34(28,35)26(35)10-15-32/h5,7-8,19,23-28,38H,4,6,9-18,20H2,1-3H3,(H,36,39)(H,37,40). The second-order valence-corrected chi connectivity index (χ2v) is 15.7. The number of aliphatic hydroxyl groups is 1. The second-order valence-electron chi connectivity index (χ2n) is 15.7. The van der Waals surface area contributed by atoms with E-state index in [1.54, 1.807) is 0 Å². The third-order valence-corrected chi connectivity index (χ3v) is 14.8. The van der Waals surface area contributed by atoms with E-state index in [1.807, 2.05) is 25.1 Å². The highest BCUT2D eigenvalue weighted by molar-refractivity contribution is 5.94. The number of fused-ring (bicyclic) bond motifs is 1. The van der Waals surface area contributed by atoms with Gasteiger partial charge in [-0.15, -0.1) is 0 Å². The molecule has 0 bridgehead atoms. The summed E-state index contributed by atoms with van der Waals surface area (Å²) in [7, 11) is 0. The van der Waals surface area contributed by atoms with Gasteiger partial charge in [0.15, 0.2) is 0 Å². The van der Waals surface area contributed by atoms with E-state index in [2.05, 4.69) is 30.5 Å².